The van der Waals surface area contributed by atoms with Crippen LogP contribution in [-0.2, 0) is 0 Å². The van der Waals surface area contributed by atoms with Gasteiger partial charge in [0.1, 0.15) is 0 Å². The molecule has 2 rings (SSSR count). The van der Waals surface area contributed by atoms with Gasteiger partial charge in [0, 0.05) is 18.0 Å². The number of hydrogen-bond donors (Lipinski definition) is 2. The van der Waals surface area contributed by atoms with Gasteiger partial charge >= 0.3 is 0 Å². The van der Waals surface area contributed by atoms with Crippen molar-refractivity contribution in [3.8, 4) is 0 Å². The first kappa shape index (κ1) is 12.1. The Hall–Kier alpha value is -1.36. The lowest BCUT2D eigenvalue weighted by Crippen LogP contribution is -2.38. The highest BCUT2D eigenvalue weighted by atomic mass is 16.5. The first-order valence-corrected chi connectivity index (χ1v) is 5.98. The summed E-state index contributed by atoms with van der Waals surface area (Å²) in [4.78, 5) is 11.7. The second kappa shape index (κ2) is 4.87. The summed E-state index contributed by atoms with van der Waals surface area (Å²) in [7, 11) is 0. The van der Waals surface area contributed by atoms with E-state index >= 15 is 0 Å². The normalized spacial score (nSPS) is 18.2. The Morgan fingerprint density at radius 1 is 1.59 bits per heavy atom. The van der Waals surface area contributed by atoms with Crippen LogP contribution in [-0.4, -0.2) is 29.3 Å². The highest BCUT2D eigenvalue weighted by Gasteiger charge is 2.33. The Kier molecular flexibility index (Phi) is 3.47. The van der Waals surface area contributed by atoms with Crippen molar-refractivity contribution in [2.24, 2.45) is 5.41 Å². The third-order valence-corrected chi connectivity index (χ3v) is 3.48. The molecule has 0 spiro atoms. The lowest BCUT2D eigenvalue weighted by atomic mass is 9.87. The van der Waals surface area contributed by atoms with Gasteiger partial charge in [-0.3, -0.25) is 4.79 Å². The fourth-order valence-corrected chi connectivity index (χ4v) is 2.34. The molecule has 0 unspecified atom stereocenters. The molecular weight excluding hydrogens is 220 g/mol. The van der Waals surface area contributed by atoms with Crippen molar-refractivity contribution in [1.29, 1.82) is 0 Å². The molecule has 0 saturated heterocycles. The van der Waals surface area contributed by atoms with E-state index in [1.54, 1.807) is 13.0 Å². The van der Waals surface area contributed by atoms with Gasteiger partial charge in [0.25, 0.3) is 5.91 Å². The van der Waals surface area contributed by atoms with Gasteiger partial charge in [-0.25, -0.2) is 0 Å². The maximum atomic E-state index is 11.7. The van der Waals surface area contributed by atoms with Crippen LogP contribution in [0, 0.1) is 12.3 Å². The van der Waals surface area contributed by atoms with Gasteiger partial charge in [-0.15, -0.1) is 0 Å². The van der Waals surface area contributed by atoms with E-state index in [1.165, 1.54) is 0 Å². The fourth-order valence-electron chi connectivity index (χ4n) is 2.34. The number of aryl methyl sites for hydroxylation is 1. The van der Waals surface area contributed by atoms with E-state index in [1.807, 2.05) is 0 Å². The van der Waals surface area contributed by atoms with Crippen LogP contribution in [0.25, 0.3) is 0 Å². The molecule has 94 valence electrons. The molecule has 0 aliphatic heterocycles. The quantitative estimate of drug-likeness (QED) is 0.828. The van der Waals surface area contributed by atoms with E-state index in [4.69, 9.17) is 4.52 Å². The minimum Gasteiger partial charge on any atom is -0.396 e. The number of nitrogens with one attached hydrogen (secondary N) is 1. The molecule has 2 N–H and O–H groups in total. The summed E-state index contributed by atoms with van der Waals surface area (Å²) in [5.74, 6) is -0.0288. The van der Waals surface area contributed by atoms with Gasteiger partial charge in [-0.05, 0) is 19.8 Å². The summed E-state index contributed by atoms with van der Waals surface area (Å²) in [6.45, 7) is 2.40. The number of hydrogen-bond acceptors (Lipinski definition) is 4. The van der Waals surface area contributed by atoms with Crippen LogP contribution in [0.15, 0.2) is 10.6 Å². The number of amides is 1. The van der Waals surface area contributed by atoms with Crippen LogP contribution >= 0.6 is 0 Å². The minimum absolute atomic E-state index is 0.128. The van der Waals surface area contributed by atoms with Crippen molar-refractivity contribution in [3.05, 3.63) is 17.5 Å². The molecule has 0 bridgehead atoms. The van der Waals surface area contributed by atoms with Crippen molar-refractivity contribution in [2.75, 3.05) is 13.2 Å². The van der Waals surface area contributed by atoms with Gasteiger partial charge in [0.2, 0.25) is 5.76 Å². The highest BCUT2D eigenvalue weighted by molar-refractivity contribution is 5.91. The number of aliphatic hydroxyl groups is 1. The molecule has 1 amide bonds. The van der Waals surface area contributed by atoms with Gasteiger partial charge in [0.05, 0.1) is 12.3 Å². The highest BCUT2D eigenvalue weighted by Crippen LogP contribution is 2.36. The molecule has 1 fully saturated rings. The number of carbonyl (C=O) groups excluding carboxylic acids is 1. The summed E-state index contributed by atoms with van der Waals surface area (Å²) in [5, 5.41) is 15.9. The van der Waals surface area contributed by atoms with Crippen molar-refractivity contribution in [3.63, 3.8) is 0 Å². The van der Waals surface area contributed by atoms with Crippen molar-refractivity contribution >= 4 is 5.91 Å². The van der Waals surface area contributed by atoms with Crippen molar-refractivity contribution in [2.45, 2.75) is 32.6 Å². The van der Waals surface area contributed by atoms with Crippen LogP contribution in [0.1, 0.15) is 41.9 Å². The molecule has 1 aromatic rings. The standard InChI is InChI=1S/C12H18N2O3/c1-9-6-10(17-14-9)11(16)13-7-12(8-15)4-2-3-5-12/h6,15H,2-5,7-8H2,1H3,(H,13,16). The van der Waals surface area contributed by atoms with E-state index < -0.39 is 0 Å². The Labute approximate surface area is 100 Å². The third kappa shape index (κ3) is 2.66. The number of nitrogens with zero attached hydrogens (tertiary/aromatic N) is 1. The zero-order valence-corrected chi connectivity index (χ0v) is 10.0. The van der Waals surface area contributed by atoms with E-state index in [2.05, 4.69) is 10.5 Å². The van der Waals surface area contributed by atoms with Gasteiger partial charge in [-0.2, -0.15) is 0 Å². The molecule has 0 aromatic carbocycles. The minimum atomic E-state index is -0.259. The summed E-state index contributed by atoms with van der Waals surface area (Å²) in [6, 6.07) is 1.61. The largest absolute Gasteiger partial charge is 0.396 e. The monoisotopic (exact) mass is 238 g/mol. The van der Waals surface area contributed by atoms with Gasteiger partial charge < -0.3 is 14.9 Å². The SMILES string of the molecule is Cc1cc(C(=O)NCC2(CO)CCCC2)on1. The molecular formula is C12H18N2O3. The van der Waals surface area contributed by atoms with E-state index in [-0.39, 0.29) is 23.7 Å². The molecule has 5 nitrogen and oxygen atoms in total. The van der Waals surface area contributed by atoms with Gasteiger partial charge in [-0.1, -0.05) is 18.0 Å². The summed E-state index contributed by atoms with van der Waals surface area (Å²) < 4.78 is 4.88. The number of rotatable bonds is 4. The summed E-state index contributed by atoms with van der Waals surface area (Å²) >= 11 is 0. The zero-order chi connectivity index (χ0) is 12.3. The number of carbonyl (C=O) groups is 1. The maximum absolute atomic E-state index is 11.7. The van der Waals surface area contributed by atoms with Crippen LogP contribution in [0.3, 0.4) is 0 Å². The first-order chi connectivity index (χ1) is 8.15. The molecule has 1 heterocycles. The molecule has 5 heteroatoms. The van der Waals surface area contributed by atoms with Crippen LogP contribution in [0.4, 0.5) is 0 Å². The van der Waals surface area contributed by atoms with Gasteiger partial charge in [0.15, 0.2) is 0 Å². The average Bonchev–Trinajstić information content (AvgIpc) is 2.95. The second-order valence-corrected chi connectivity index (χ2v) is 4.88. The fraction of sp³-hybridized carbons (Fsp3) is 0.667. The molecule has 1 saturated carbocycles. The molecule has 1 aliphatic rings. The topological polar surface area (TPSA) is 75.4 Å². The Bertz CT molecular complexity index is 394. The Balaban J connectivity index is 1.91. The van der Waals surface area contributed by atoms with Crippen LogP contribution in [0.5, 0.6) is 0 Å². The van der Waals surface area contributed by atoms with E-state index in [0.29, 0.717) is 12.2 Å². The molecule has 0 radical (unpaired) electrons. The van der Waals surface area contributed by atoms with Crippen LogP contribution < -0.4 is 5.32 Å². The number of aromatic nitrogens is 1. The third-order valence-electron chi connectivity index (χ3n) is 3.48. The molecule has 1 aliphatic carbocycles. The Morgan fingerprint density at radius 3 is 2.82 bits per heavy atom. The molecule has 0 atom stereocenters. The van der Waals surface area contributed by atoms with Crippen molar-refractivity contribution in [1.82, 2.24) is 10.5 Å². The maximum Gasteiger partial charge on any atom is 0.289 e. The summed E-state index contributed by atoms with van der Waals surface area (Å²) in [5.41, 5.74) is 0.554. The predicted molar refractivity (Wildman–Crippen MR) is 61.6 cm³/mol. The lowest BCUT2D eigenvalue weighted by molar-refractivity contribution is 0.0846. The average molecular weight is 238 g/mol. The molecule has 17 heavy (non-hydrogen) atoms. The van der Waals surface area contributed by atoms with E-state index in [9.17, 15) is 9.90 Å². The number of aliphatic hydroxyl groups excluding tert-OH is 1. The summed E-state index contributed by atoms with van der Waals surface area (Å²) in [6.07, 6.45) is 4.19. The Morgan fingerprint density at radius 2 is 2.29 bits per heavy atom. The van der Waals surface area contributed by atoms with Crippen molar-refractivity contribution < 1.29 is 14.4 Å². The van der Waals surface area contributed by atoms with E-state index in [0.717, 1.165) is 25.7 Å². The smallest absolute Gasteiger partial charge is 0.289 e. The molecule has 1 aromatic heterocycles. The second-order valence-electron chi connectivity index (χ2n) is 4.88. The predicted octanol–water partition coefficient (Wildman–Crippen LogP) is 1.27. The zero-order valence-electron chi connectivity index (χ0n) is 10.0. The first-order valence-electron chi connectivity index (χ1n) is 5.98. The van der Waals surface area contributed by atoms with Crippen LogP contribution in [0.2, 0.25) is 0 Å². The lowest BCUT2D eigenvalue weighted by Gasteiger charge is -2.26.